The molecule has 128 valence electrons. The second-order valence-electron chi connectivity index (χ2n) is 6.18. The van der Waals surface area contributed by atoms with Gasteiger partial charge in [0.25, 0.3) is 5.91 Å². The van der Waals surface area contributed by atoms with E-state index in [0.717, 1.165) is 5.69 Å². The van der Waals surface area contributed by atoms with Crippen LogP contribution in [0.3, 0.4) is 0 Å². The number of anilines is 2. The molecule has 2 rings (SSSR count). The third kappa shape index (κ3) is 4.58. The lowest BCUT2D eigenvalue weighted by molar-refractivity contribution is 0.0914. The van der Waals surface area contributed by atoms with E-state index < -0.39 is 0 Å². The molecule has 0 bridgehead atoms. The zero-order chi connectivity index (χ0) is 17.7. The second kappa shape index (κ2) is 7.16. The molecule has 2 aromatic rings. The zero-order valence-electron chi connectivity index (χ0n) is 14.5. The Hall–Kier alpha value is -2.83. The van der Waals surface area contributed by atoms with E-state index in [0.29, 0.717) is 17.3 Å². The molecular formula is C17H22N4O3. The molecule has 1 aromatic heterocycles. The lowest BCUT2D eigenvalue weighted by Crippen LogP contribution is -2.40. The van der Waals surface area contributed by atoms with Crippen molar-refractivity contribution in [2.24, 2.45) is 0 Å². The van der Waals surface area contributed by atoms with E-state index in [9.17, 15) is 4.79 Å². The summed E-state index contributed by atoms with van der Waals surface area (Å²) in [6, 6.07) is 5.39. The summed E-state index contributed by atoms with van der Waals surface area (Å²) in [4.78, 5) is 20.4. The summed E-state index contributed by atoms with van der Waals surface area (Å²) in [5.41, 5.74) is 0.656. The molecule has 0 unspecified atom stereocenters. The summed E-state index contributed by atoms with van der Waals surface area (Å²) in [5, 5.41) is 5.94. The van der Waals surface area contributed by atoms with E-state index in [1.54, 1.807) is 20.3 Å². The Kier molecular flexibility index (Phi) is 5.23. The van der Waals surface area contributed by atoms with E-state index in [1.807, 2.05) is 32.9 Å². The number of ether oxygens (including phenoxy) is 2. The van der Waals surface area contributed by atoms with Crippen LogP contribution in [0, 0.1) is 0 Å². The number of nitrogens with zero attached hydrogens (tertiary/aromatic N) is 2. The first-order valence-electron chi connectivity index (χ1n) is 7.46. The first-order chi connectivity index (χ1) is 11.3. The fraction of sp³-hybridized carbons (Fsp3) is 0.353. The molecule has 0 aliphatic rings. The zero-order valence-corrected chi connectivity index (χ0v) is 14.5. The van der Waals surface area contributed by atoms with Crippen LogP contribution < -0.4 is 20.1 Å². The van der Waals surface area contributed by atoms with E-state index in [1.165, 1.54) is 12.4 Å². The van der Waals surface area contributed by atoms with E-state index >= 15 is 0 Å². The largest absolute Gasteiger partial charge is 0.497 e. The smallest absolute Gasteiger partial charge is 0.271 e. The summed E-state index contributed by atoms with van der Waals surface area (Å²) in [6.07, 6.45) is 2.93. The highest BCUT2D eigenvalue weighted by molar-refractivity contribution is 5.92. The molecule has 2 N–H and O–H groups in total. The van der Waals surface area contributed by atoms with Gasteiger partial charge in [-0.2, -0.15) is 0 Å². The molecule has 1 aromatic carbocycles. The molecule has 7 nitrogen and oxygen atoms in total. The quantitative estimate of drug-likeness (QED) is 0.877. The van der Waals surface area contributed by atoms with Gasteiger partial charge in [0.1, 0.15) is 23.0 Å². The number of rotatable bonds is 5. The molecule has 0 saturated heterocycles. The van der Waals surface area contributed by atoms with Crippen molar-refractivity contribution in [2.45, 2.75) is 26.3 Å². The van der Waals surface area contributed by atoms with Crippen molar-refractivity contribution in [2.75, 3.05) is 19.5 Å². The van der Waals surface area contributed by atoms with Crippen LogP contribution in [0.25, 0.3) is 0 Å². The number of methoxy groups -OCH3 is 2. The topological polar surface area (TPSA) is 85.4 Å². The van der Waals surface area contributed by atoms with Crippen LogP contribution in [0.5, 0.6) is 11.5 Å². The highest BCUT2D eigenvalue weighted by atomic mass is 16.5. The molecule has 7 heteroatoms. The minimum atomic E-state index is -0.327. The van der Waals surface area contributed by atoms with Gasteiger partial charge in [0.15, 0.2) is 0 Å². The number of aromatic nitrogens is 2. The Morgan fingerprint density at radius 1 is 1.08 bits per heavy atom. The first-order valence-corrected chi connectivity index (χ1v) is 7.46. The molecule has 0 fully saturated rings. The van der Waals surface area contributed by atoms with Crippen molar-refractivity contribution >= 4 is 17.4 Å². The van der Waals surface area contributed by atoms with Crippen LogP contribution in [0.2, 0.25) is 0 Å². The van der Waals surface area contributed by atoms with Gasteiger partial charge < -0.3 is 20.1 Å². The van der Waals surface area contributed by atoms with Crippen molar-refractivity contribution in [1.29, 1.82) is 0 Å². The highest BCUT2D eigenvalue weighted by Gasteiger charge is 2.16. The van der Waals surface area contributed by atoms with Gasteiger partial charge in [0.2, 0.25) is 0 Å². The van der Waals surface area contributed by atoms with Gasteiger partial charge in [0, 0.05) is 11.6 Å². The van der Waals surface area contributed by atoms with Gasteiger partial charge in [-0.1, -0.05) is 0 Å². The van der Waals surface area contributed by atoms with Gasteiger partial charge in [-0.15, -0.1) is 0 Å². The standard InChI is InChI=1S/C17H22N4O3/c1-17(2,3)21-16(22)13-9-19-15(10-18-13)20-12-7-6-11(23-4)8-14(12)24-5/h6-10H,1-5H3,(H,19,20)(H,21,22). The summed E-state index contributed by atoms with van der Waals surface area (Å²) < 4.78 is 10.5. The Balaban J connectivity index is 2.13. The Morgan fingerprint density at radius 3 is 2.38 bits per heavy atom. The van der Waals surface area contributed by atoms with E-state index in [-0.39, 0.29) is 17.1 Å². The Morgan fingerprint density at radius 2 is 1.83 bits per heavy atom. The van der Waals surface area contributed by atoms with Crippen LogP contribution in [-0.4, -0.2) is 35.6 Å². The summed E-state index contributed by atoms with van der Waals surface area (Å²) >= 11 is 0. The molecule has 0 saturated carbocycles. The predicted molar refractivity (Wildman–Crippen MR) is 92.1 cm³/mol. The van der Waals surface area contributed by atoms with Crippen molar-refractivity contribution in [3.63, 3.8) is 0 Å². The third-order valence-corrected chi connectivity index (χ3v) is 3.04. The third-order valence-electron chi connectivity index (χ3n) is 3.04. The summed E-state index contributed by atoms with van der Waals surface area (Å²) in [7, 11) is 3.17. The van der Waals surface area contributed by atoms with Crippen LogP contribution in [-0.2, 0) is 0 Å². The molecule has 0 aliphatic heterocycles. The van der Waals surface area contributed by atoms with Gasteiger partial charge >= 0.3 is 0 Å². The first kappa shape index (κ1) is 17.5. The predicted octanol–water partition coefficient (Wildman–Crippen LogP) is 2.77. The number of hydrogen-bond donors (Lipinski definition) is 2. The van der Waals surface area contributed by atoms with Gasteiger partial charge in [-0.25, -0.2) is 9.97 Å². The van der Waals surface area contributed by atoms with E-state index in [2.05, 4.69) is 20.6 Å². The average Bonchev–Trinajstić information content (AvgIpc) is 2.54. The molecule has 0 radical (unpaired) electrons. The summed E-state index contributed by atoms with van der Waals surface area (Å²) in [6.45, 7) is 5.72. The number of benzene rings is 1. The van der Waals surface area contributed by atoms with Crippen LogP contribution in [0.15, 0.2) is 30.6 Å². The minimum absolute atomic E-state index is 0.261. The Labute approximate surface area is 141 Å². The van der Waals surface area contributed by atoms with Crippen LogP contribution in [0.1, 0.15) is 31.3 Å². The SMILES string of the molecule is COc1ccc(Nc2cnc(C(=O)NC(C)(C)C)cn2)c(OC)c1. The average molecular weight is 330 g/mol. The number of hydrogen-bond acceptors (Lipinski definition) is 6. The normalized spacial score (nSPS) is 10.9. The Bertz CT molecular complexity index is 709. The van der Waals surface area contributed by atoms with Crippen molar-refractivity contribution in [1.82, 2.24) is 15.3 Å². The molecule has 1 heterocycles. The fourth-order valence-electron chi connectivity index (χ4n) is 1.95. The molecule has 24 heavy (non-hydrogen) atoms. The maximum atomic E-state index is 12.0. The maximum absolute atomic E-state index is 12.0. The number of carbonyl (C=O) groups excluding carboxylic acids is 1. The monoisotopic (exact) mass is 330 g/mol. The van der Waals surface area contributed by atoms with Gasteiger partial charge in [-0.05, 0) is 32.9 Å². The van der Waals surface area contributed by atoms with Crippen molar-refractivity contribution in [3.05, 3.63) is 36.3 Å². The fourth-order valence-corrected chi connectivity index (χ4v) is 1.95. The molecule has 0 aliphatic carbocycles. The lowest BCUT2D eigenvalue weighted by Gasteiger charge is -2.20. The lowest BCUT2D eigenvalue weighted by atomic mass is 10.1. The van der Waals surface area contributed by atoms with Crippen molar-refractivity contribution in [3.8, 4) is 11.5 Å². The highest BCUT2D eigenvalue weighted by Crippen LogP contribution is 2.30. The molecule has 1 amide bonds. The van der Waals surface area contributed by atoms with Crippen molar-refractivity contribution < 1.29 is 14.3 Å². The van der Waals surface area contributed by atoms with E-state index in [4.69, 9.17) is 9.47 Å². The number of amides is 1. The summed E-state index contributed by atoms with van der Waals surface area (Å²) in [5.74, 6) is 1.55. The second-order valence-corrected chi connectivity index (χ2v) is 6.18. The number of carbonyl (C=O) groups is 1. The maximum Gasteiger partial charge on any atom is 0.271 e. The molecular weight excluding hydrogens is 308 g/mol. The van der Waals surface area contributed by atoms with Gasteiger partial charge in [0.05, 0.1) is 32.3 Å². The van der Waals surface area contributed by atoms with Gasteiger partial charge in [-0.3, -0.25) is 4.79 Å². The molecule has 0 spiro atoms. The van der Waals surface area contributed by atoms with Crippen LogP contribution >= 0.6 is 0 Å². The molecule has 0 atom stereocenters. The number of nitrogens with one attached hydrogen (secondary N) is 2. The van der Waals surface area contributed by atoms with Crippen LogP contribution in [0.4, 0.5) is 11.5 Å². The minimum Gasteiger partial charge on any atom is -0.497 e.